The molecule has 0 aliphatic rings. The van der Waals surface area contributed by atoms with Crippen LogP contribution in [0, 0.1) is 3.57 Å². The Hall–Kier alpha value is -0.870. The SMILES string of the molecule is CCCNC(c1ccc(I)cc1)c1ccc(CC)cc1. The van der Waals surface area contributed by atoms with Crippen molar-refractivity contribution in [1.29, 1.82) is 0 Å². The lowest BCUT2D eigenvalue weighted by Gasteiger charge is -2.20. The summed E-state index contributed by atoms with van der Waals surface area (Å²) < 4.78 is 1.28. The minimum absolute atomic E-state index is 0.290. The topological polar surface area (TPSA) is 12.0 Å². The number of aryl methyl sites for hydroxylation is 1. The molecule has 0 bridgehead atoms. The fraction of sp³-hybridized carbons (Fsp3) is 0.333. The summed E-state index contributed by atoms with van der Waals surface area (Å²) in [7, 11) is 0. The first kappa shape index (κ1) is 15.5. The smallest absolute Gasteiger partial charge is 0.0576 e. The standard InChI is InChI=1S/C18H22IN/c1-3-13-20-18(16-9-11-17(19)12-10-16)15-7-5-14(4-2)6-8-15/h5-12,18,20H,3-4,13H2,1-2H3. The summed E-state index contributed by atoms with van der Waals surface area (Å²) in [5.41, 5.74) is 4.07. The van der Waals surface area contributed by atoms with Crippen molar-refractivity contribution in [3.05, 3.63) is 68.8 Å². The summed E-state index contributed by atoms with van der Waals surface area (Å²) in [5, 5.41) is 3.66. The normalized spacial score (nSPS) is 12.3. The molecule has 20 heavy (non-hydrogen) atoms. The number of hydrogen-bond donors (Lipinski definition) is 1. The Bertz CT molecular complexity index is 516. The average Bonchev–Trinajstić information content (AvgIpc) is 2.50. The van der Waals surface area contributed by atoms with Crippen molar-refractivity contribution in [1.82, 2.24) is 5.32 Å². The van der Waals surface area contributed by atoms with Gasteiger partial charge in [-0.2, -0.15) is 0 Å². The average molecular weight is 379 g/mol. The maximum atomic E-state index is 3.66. The summed E-state index contributed by atoms with van der Waals surface area (Å²) in [5.74, 6) is 0. The zero-order valence-corrected chi connectivity index (χ0v) is 14.4. The molecule has 0 saturated heterocycles. The first-order valence-electron chi connectivity index (χ1n) is 7.32. The Labute approximate surface area is 135 Å². The molecular weight excluding hydrogens is 357 g/mol. The molecule has 0 saturated carbocycles. The molecule has 0 aliphatic heterocycles. The van der Waals surface area contributed by atoms with Gasteiger partial charge in [0.2, 0.25) is 0 Å². The van der Waals surface area contributed by atoms with Crippen LogP contribution in [0.15, 0.2) is 48.5 Å². The maximum Gasteiger partial charge on any atom is 0.0576 e. The Morgan fingerprint density at radius 3 is 1.95 bits per heavy atom. The number of nitrogens with one attached hydrogen (secondary N) is 1. The van der Waals surface area contributed by atoms with E-state index in [4.69, 9.17) is 0 Å². The molecule has 0 aromatic heterocycles. The molecule has 106 valence electrons. The van der Waals surface area contributed by atoms with Gasteiger partial charge in [-0.05, 0) is 70.8 Å². The predicted octanol–water partition coefficient (Wildman–Crippen LogP) is 4.94. The lowest BCUT2D eigenvalue weighted by atomic mass is 9.97. The van der Waals surface area contributed by atoms with Gasteiger partial charge in [0.1, 0.15) is 0 Å². The number of halogens is 1. The Morgan fingerprint density at radius 2 is 1.45 bits per heavy atom. The highest BCUT2D eigenvalue weighted by atomic mass is 127. The first-order valence-corrected chi connectivity index (χ1v) is 8.40. The Morgan fingerprint density at radius 1 is 0.900 bits per heavy atom. The van der Waals surface area contributed by atoms with Crippen LogP contribution in [0.1, 0.15) is 43.0 Å². The Kier molecular flexibility index (Phi) is 6.05. The van der Waals surface area contributed by atoms with E-state index >= 15 is 0 Å². The highest BCUT2D eigenvalue weighted by Gasteiger charge is 2.12. The van der Waals surface area contributed by atoms with Crippen molar-refractivity contribution in [3.8, 4) is 0 Å². The molecule has 0 fully saturated rings. The van der Waals surface area contributed by atoms with E-state index in [9.17, 15) is 0 Å². The van der Waals surface area contributed by atoms with Gasteiger partial charge in [-0.15, -0.1) is 0 Å². The van der Waals surface area contributed by atoms with Crippen molar-refractivity contribution >= 4 is 22.6 Å². The molecule has 0 aliphatic carbocycles. The molecule has 2 rings (SSSR count). The van der Waals surface area contributed by atoms with Crippen molar-refractivity contribution in [2.75, 3.05) is 6.54 Å². The molecule has 1 atom stereocenters. The third kappa shape index (κ3) is 4.06. The van der Waals surface area contributed by atoms with Crippen LogP contribution in [0.3, 0.4) is 0 Å². The largest absolute Gasteiger partial charge is 0.306 e. The number of benzene rings is 2. The molecule has 0 radical (unpaired) electrons. The minimum Gasteiger partial charge on any atom is -0.306 e. The van der Waals surface area contributed by atoms with Crippen LogP contribution in [0.4, 0.5) is 0 Å². The van der Waals surface area contributed by atoms with Gasteiger partial charge >= 0.3 is 0 Å². The van der Waals surface area contributed by atoms with E-state index < -0.39 is 0 Å². The van der Waals surface area contributed by atoms with E-state index in [1.54, 1.807) is 0 Å². The lowest BCUT2D eigenvalue weighted by Crippen LogP contribution is -2.23. The second kappa shape index (κ2) is 7.79. The molecular formula is C18H22IN. The van der Waals surface area contributed by atoms with Crippen molar-refractivity contribution < 1.29 is 0 Å². The van der Waals surface area contributed by atoms with Crippen LogP contribution in [-0.4, -0.2) is 6.54 Å². The van der Waals surface area contributed by atoms with Gasteiger partial charge in [-0.3, -0.25) is 0 Å². The van der Waals surface area contributed by atoms with Crippen LogP contribution in [0.5, 0.6) is 0 Å². The van der Waals surface area contributed by atoms with Gasteiger partial charge in [-0.25, -0.2) is 0 Å². The lowest BCUT2D eigenvalue weighted by molar-refractivity contribution is 0.598. The molecule has 0 heterocycles. The van der Waals surface area contributed by atoms with E-state index in [0.717, 1.165) is 19.4 Å². The molecule has 2 heteroatoms. The molecule has 1 unspecified atom stereocenters. The van der Waals surface area contributed by atoms with Crippen LogP contribution < -0.4 is 5.32 Å². The fourth-order valence-electron chi connectivity index (χ4n) is 2.32. The van der Waals surface area contributed by atoms with E-state index in [-0.39, 0.29) is 6.04 Å². The van der Waals surface area contributed by atoms with Gasteiger partial charge in [0.25, 0.3) is 0 Å². The highest BCUT2D eigenvalue weighted by molar-refractivity contribution is 14.1. The summed E-state index contributed by atoms with van der Waals surface area (Å²) in [6, 6.07) is 18.1. The molecule has 0 amide bonds. The zero-order valence-electron chi connectivity index (χ0n) is 12.2. The second-order valence-electron chi connectivity index (χ2n) is 5.03. The van der Waals surface area contributed by atoms with E-state index in [0.29, 0.717) is 0 Å². The van der Waals surface area contributed by atoms with Gasteiger partial charge in [0, 0.05) is 3.57 Å². The first-order chi connectivity index (χ1) is 9.74. The van der Waals surface area contributed by atoms with Crippen LogP contribution in [0.2, 0.25) is 0 Å². The van der Waals surface area contributed by atoms with Gasteiger partial charge in [-0.1, -0.05) is 50.2 Å². The van der Waals surface area contributed by atoms with Gasteiger partial charge in [0.05, 0.1) is 6.04 Å². The van der Waals surface area contributed by atoms with E-state index in [1.165, 1.54) is 20.3 Å². The molecule has 1 nitrogen and oxygen atoms in total. The summed E-state index contributed by atoms with van der Waals surface area (Å²) >= 11 is 2.35. The van der Waals surface area contributed by atoms with Crippen LogP contribution in [-0.2, 0) is 6.42 Å². The maximum absolute atomic E-state index is 3.66. The van der Waals surface area contributed by atoms with E-state index in [2.05, 4.69) is 90.3 Å². The summed E-state index contributed by atoms with van der Waals surface area (Å²) in [6.45, 7) is 5.44. The monoisotopic (exact) mass is 379 g/mol. The van der Waals surface area contributed by atoms with Crippen LogP contribution in [0.25, 0.3) is 0 Å². The third-order valence-corrected chi connectivity index (χ3v) is 4.24. The summed E-state index contributed by atoms with van der Waals surface area (Å²) in [4.78, 5) is 0. The van der Waals surface area contributed by atoms with Crippen LogP contribution >= 0.6 is 22.6 Å². The minimum atomic E-state index is 0.290. The van der Waals surface area contributed by atoms with Gasteiger partial charge in [0.15, 0.2) is 0 Å². The molecule has 2 aromatic rings. The zero-order chi connectivity index (χ0) is 14.4. The highest BCUT2D eigenvalue weighted by Crippen LogP contribution is 2.23. The quantitative estimate of drug-likeness (QED) is 0.701. The number of hydrogen-bond acceptors (Lipinski definition) is 1. The summed E-state index contributed by atoms with van der Waals surface area (Å²) in [6.07, 6.45) is 2.24. The molecule has 0 spiro atoms. The number of rotatable bonds is 6. The fourth-order valence-corrected chi connectivity index (χ4v) is 2.68. The molecule has 2 aromatic carbocycles. The van der Waals surface area contributed by atoms with Crippen molar-refractivity contribution in [2.45, 2.75) is 32.7 Å². The Balaban J connectivity index is 2.27. The third-order valence-electron chi connectivity index (χ3n) is 3.52. The van der Waals surface area contributed by atoms with E-state index in [1.807, 2.05) is 0 Å². The second-order valence-corrected chi connectivity index (χ2v) is 6.28. The van der Waals surface area contributed by atoms with Gasteiger partial charge < -0.3 is 5.32 Å². The van der Waals surface area contributed by atoms with Crippen molar-refractivity contribution in [3.63, 3.8) is 0 Å². The molecule has 1 N–H and O–H groups in total. The predicted molar refractivity (Wildman–Crippen MR) is 95.1 cm³/mol. The van der Waals surface area contributed by atoms with Crippen molar-refractivity contribution in [2.24, 2.45) is 0 Å².